The Morgan fingerprint density at radius 2 is 1.82 bits per heavy atom. The Morgan fingerprint density at radius 3 is 2.64 bits per heavy atom. The van der Waals surface area contributed by atoms with E-state index < -0.39 is 0 Å². The summed E-state index contributed by atoms with van der Waals surface area (Å²) in [6, 6.07) is 10.6. The summed E-state index contributed by atoms with van der Waals surface area (Å²) in [5, 5.41) is 3.40. The molecule has 0 spiro atoms. The fourth-order valence-electron chi connectivity index (χ4n) is 3.41. The molecule has 0 saturated carbocycles. The van der Waals surface area contributed by atoms with Crippen LogP contribution in [0, 0.1) is 0 Å². The molecule has 1 aliphatic carbocycles. The molecule has 22 heavy (non-hydrogen) atoms. The van der Waals surface area contributed by atoms with Crippen LogP contribution in [-0.2, 0) is 4.74 Å². The fourth-order valence-corrected chi connectivity index (χ4v) is 3.41. The third-order valence-corrected chi connectivity index (χ3v) is 4.60. The summed E-state index contributed by atoms with van der Waals surface area (Å²) < 4.78 is 6.37. The number of hydrogen-bond donors (Lipinski definition) is 1. The topological polar surface area (TPSA) is 24.5 Å². The molecular weight excluding hydrogens is 272 g/mol. The number of ether oxygens (including phenoxy) is 1. The van der Waals surface area contributed by atoms with Gasteiger partial charge >= 0.3 is 0 Å². The van der Waals surface area contributed by atoms with Crippen molar-refractivity contribution < 1.29 is 4.74 Å². The van der Waals surface area contributed by atoms with Crippen LogP contribution >= 0.6 is 0 Å². The maximum absolute atomic E-state index is 6.37. The average molecular weight is 294 g/mol. The van der Waals surface area contributed by atoms with Crippen molar-refractivity contribution in [2.75, 3.05) is 26.2 Å². The number of benzene rings is 1. The zero-order valence-corrected chi connectivity index (χ0v) is 12.8. The van der Waals surface area contributed by atoms with Gasteiger partial charge in [0.05, 0.1) is 0 Å². The van der Waals surface area contributed by atoms with E-state index in [0.717, 1.165) is 57.1 Å². The normalized spacial score (nSPS) is 21.7. The highest BCUT2D eigenvalue weighted by Gasteiger charge is 2.26. The van der Waals surface area contributed by atoms with Gasteiger partial charge in [-0.15, -0.1) is 0 Å². The van der Waals surface area contributed by atoms with Gasteiger partial charge in [0.25, 0.3) is 0 Å². The monoisotopic (exact) mass is 294 g/mol. The molecule has 0 bridgehead atoms. The van der Waals surface area contributed by atoms with Crippen LogP contribution in [0.3, 0.4) is 0 Å². The maximum atomic E-state index is 6.37. The van der Waals surface area contributed by atoms with Gasteiger partial charge in [-0.1, -0.05) is 36.4 Å². The minimum atomic E-state index is 1.03. The lowest BCUT2D eigenvalue weighted by molar-refractivity contribution is 0.148. The molecule has 114 valence electrons. The van der Waals surface area contributed by atoms with Crippen LogP contribution in [-0.4, -0.2) is 31.1 Å². The highest BCUT2D eigenvalue weighted by molar-refractivity contribution is 5.79. The Hall–Kier alpha value is -2.00. The zero-order valence-electron chi connectivity index (χ0n) is 12.8. The van der Waals surface area contributed by atoms with Crippen molar-refractivity contribution >= 4 is 5.57 Å². The summed E-state index contributed by atoms with van der Waals surface area (Å²) in [5.74, 6) is 2.15. The summed E-state index contributed by atoms with van der Waals surface area (Å²) in [6.45, 7) is 4.12. The maximum Gasteiger partial charge on any atom is 0.192 e. The predicted octanol–water partition coefficient (Wildman–Crippen LogP) is 3.28. The van der Waals surface area contributed by atoms with E-state index in [0.29, 0.717) is 0 Å². The van der Waals surface area contributed by atoms with Gasteiger partial charge in [-0.25, -0.2) is 0 Å². The third-order valence-electron chi connectivity index (χ3n) is 4.60. The van der Waals surface area contributed by atoms with Crippen LogP contribution < -0.4 is 5.32 Å². The number of hydrogen-bond acceptors (Lipinski definition) is 3. The van der Waals surface area contributed by atoms with Gasteiger partial charge in [-0.05, 0) is 36.5 Å². The molecule has 1 N–H and O–H groups in total. The summed E-state index contributed by atoms with van der Waals surface area (Å²) in [4.78, 5) is 2.36. The third kappa shape index (κ3) is 2.57. The van der Waals surface area contributed by atoms with Crippen molar-refractivity contribution in [3.63, 3.8) is 0 Å². The predicted molar refractivity (Wildman–Crippen MR) is 88.9 cm³/mol. The molecule has 0 atom stereocenters. The van der Waals surface area contributed by atoms with Crippen LogP contribution in [0.25, 0.3) is 5.57 Å². The van der Waals surface area contributed by atoms with E-state index in [-0.39, 0.29) is 0 Å². The van der Waals surface area contributed by atoms with Crippen molar-refractivity contribution in [2.24, 2.45) is 0 Å². The summed E-state index contributed by atoms with van der Waals surface area (Å²) in [6.07, 6.45) is 7.85. The number of rotatable bonds is 2. The van der Waals surface area contributed by atoms with E-state index in [1.807, 2.05) is 0 Å². The first-order valence-corrected chi connectivity index (χ1v) is 8.23. The van der Waals surface area contributed by atoms with Crippen LogP contribution in [0.5, 0.6) is 0 Å². The standard InChI is InChI=1S/C19H22N2O/c1-2-5-15(6-3-1)17-8-4-7-16-9-10-18(22-19(16)17)21-13-11-20-12-14-21/h1-3,5-6,8,10,20H,4,7,9,11-14H2. The molecule has 3 heteroatoms. The van der Waals surface area contributed by atoms with E-state index in [4.69, 9.17) is 4.74 Å². The van der Waals surface area contributed by atoms with Crippen LogP contribution in [0.1, 0.15) is 24.8 Å². The Labute approximate surface area is 132 Å². The van der Waals surface area contributed by atoms with Crippen molar-refractivity contribution in [1.82, 2.24) is 10.2 Å². The van der Waals surface area contributed by atoms with Gasteiger partial charge in [-0.2, -0.15) is 0 Å². The zero-order chi connectivity index (χ0) is 14.8. The van der Waals surface area contributed by atoms with Crippen molar-refractivity contribution in [2.45, 2.75) is 19.3 Å². The van der Waals surface area contributed by atoms with Gasteiger partial charge in [0.15, 0.2) is 5.88 Å². The molecule has 1 aromatic carbocycles. The lowest BCUT2D eigenvalue weighted by Gasteiger charge is -2.35. The number of allylic oxidation sites excluding steroid dienone is 4. The molecule has 3 nitrogen and oxygen atoms in total. The Kier molecular flexibility index (Phi) is 3.73. The van der Waals surface area contributed by atoms with E-state index in [1.54, 1.807) is 0 Å². The molecule has 2 heterocycles. The first kappa shape index (κ1) is 13.6. The van der Waals surface area contributed by atoms with E-state index in [1.165, 1.54) is 16.7 Å². The van der Waals surface area contributed by atoms with Crippen LogP contribution in [0.15, 0.2) is 59.7 Å². The van der Waals surface area contributed by atoms with Gasteiger partial charge in [0.1, 0.15) is 5.76 Å². The van der Waals surface area contributed by atoms with Crippen LogP contribution in [0.2, 0.25) is 0 Å². The number of nitrogens with one attached hydrogen (secondary N) is 1. The second-order valence-corrected chi connectivity index (χ2v) is 6.04. The Balaban J connectivity index is 1.59. The average Bonchev–Trinajstić information content (AvgIpc) is 2.62. The van der Waals surface area contributed by atoms with Crippen molar-refractivity contribution in [3.8, 4) is 0 Å². The number of piperazine rings is 1. The first-order chi connectivity index (χ1) is 10.9. The molecule has 0 amide bonds. The Morgan fingerprint density at radius 1 is 1.00 bits per heavy atom. The first-order valence-electron chi connectivity index (χ1n) is 8.23. The molecule has 0 aromatic heterocycles. The lowest BCUT2D eigenvalue weighted by atomic mass is 9.90. The van der Waals surface area contributed by atoms with E-state index in [9.17, 15) is 0 Å². The van der Waals surface area contributed by atoms with Crippen molar-refractivity contribution in [1.29, 1.82) is 0 Å². The van der Waals surface area contributed by atoms with E-state index in [2.05, 4.69) is 52.7 Å². The molecule has 4 rings (SSSR count). The van der Waals surface area contributed by atoms with Gasteiger partial charge in [-0.3, -0.25) is 0 Å². The summed E-state index contributed by atoms with van der Waals surface area (Å²) >= 11 is 0. The second kappa shape index (κ2) is 6.01. The SMILES string of the molecule is C1=C(c2ccccc2)C2=C(CC=C(N3CCNCC3)O2)CC1. The molecular formula is C19H22N2O. The van der Waals surface area contributed by atoms with Gasteiger partial charge in [0, 0.05) is 31.8 Å². The Bertz CT molecular complexity index is 637. The van der Waals surface area contributed by atoms with Crippen molar-refractivity contribution in [3.05, 3.63) is 65.3 Å². The second-order valence-electron chi connectivity index (χ2n) is 6.04. The van der Waals surface area contributed by atoms with Gasteiger partial charge in [0.2, 0.25) is 0 Å². The molecule has 2 aliphatic heterocycles. The quantitative estimate of drug-likeness (QED) is 0.906. The molecule has 1 fully saturated rings. The highest BCUT2D eigenvalue weighted by Crippen LogP contribution is 2.39. The lowest BCUT2D eigenvalue weighted by Crippen LogP contribution is -2.43. The number of nitrogens with zero attached hydrogens (tertiary/aromatic N) is 1. The summed E-state index contributed by atoms with van der Waals surface area (Å²) in [5.41, 5.74) is 3.97. The minimum Gasteiger partial charge on any atom is -0.441 e. The largest absolute Gasteiger partial charge is 0.441 e. The highest BCUT2D eigenvalue weighted by atomic mass is 16.5. The molecule has 0 unspecified atom stereocenters. The molecule has 3 aliphatic rings. The van der Waals surface area contributed by atoms with Crippen LogP contribution in [0.4, 0.5) is 0 Å². The minimum absolute atomic E-state index is 1.03. The molecule has 1 saturated heterocycles. The molecule has 1 aromatic rings. The van der Waals surface area contributed by atoms with Gasteiger partial charge < -0.3 is 15.0 Å². The molecule has 0 radical (unpaired) electrons. The smallest absolute Gasteiger partial charge is 0.192 e. The van der Waals surface area contributed by atoms with E-state index >= 15 is 0 Å². The summed E-state index contributed by atoms with van der Waals surface area (Å²) in [7, 11) is 0. The fraction of sp³-hybridized carbons (Fsp3) is 0.368.